The van der Waals surface area contributed by atoms with Crippen LogP contribution in [0.4, 0.5) is 0 Å². The lowest BCUT2D eigenvalue weighted by Gasteiger charge is -2.24. The number of aryl methyl sites for hydroxylation is 2. The maximum atomic E-state index is 12.4. The van der Waals surface area contributed by atoms with E-state index in [2.05, 4.69) is 20.1 Å². The van der Waals surface area contributed by atoms with Crippen molar-refractivity contribution in [3.05, 3.63) is 64.0 Å². The lowest BCUT2D eigenvalue weighted by atomic mass is 10.1. The zero-order valence-electron chi connectivity index (χ0n) is 15.6. The monoisotopic (exact) mass is 365 g/mol. The highest BCUT2D eigenvalue weighted by molar-refractivity contribution is 5.56. The van der Waals surface area contributed by atoms with E-state index in [1.54, 1.807) is 29.2 Å². The van der Waals surface area contributed by atoms with Gasteiger partial charge >= 0.3 is 0 Å². The summed E-state index contributed by atoms with van der Waals surface area (Å²) in [4.78, 5) is 18.8. The van der Waals surface area contributed by atoms with E-state index in [-0.39, 0.29) is 11.6 Å². The number of likely N-dealkylation sites (tertiary alicyclic amines) is 1. The SMILES string of the molecule is Cc1noc(C)c1CN1CCCC1Cn1nc(-c2ccncc2)ccc1=O. The molecule has 4 heterocycles. The van der Waals surface area contributed by atoms with Gasteiger partial charge in [0.25, 0.3) is 5.56 Å². The Morgan fingerprint density at radius 3 is 2.74 bits per heavy atom. The van der Waals surface area contributed by atoms with E-state index in [4.69, 9.17) is 4.52 Å². The van der Waals surface area contributed by atoms with Crippen LogP contribution < -0.4 is 5.56 Å². The minimum atomic E-state index is -0.0722. The summed E-state index contributed by atoms with van der Waals surface area (Å²) in [7, 11) is 0. The summed E-state index contributed by atoms with van der Waals surface area (Å²) in [5.41, 5.74) is 3.75. The molecule has 1 fully saturated rings. The van der Waals surface area contributed by atoms with Crippen molar-refractivity contribution >= 4 is 0 Å². The molecule has 0 N–H and O–H groups in total. The first kappa shape index (κ1) is 17.6. The lowest BCUT2D eigenvalue weighted by Crippen LogP contribution is -2.36. The second-order valence-corrected chi connectivity index (χ2v) is 7.04. The number of aromatic nitrogens is 4. The molecular weight excluding hydrogens is 342 g/mol. The molecule has 3 aromatic heterocycles. The molecule has 0 aromatic carbocycles. The molecule has 0 amide bonds. The van der Waals surface area contributed by atoms with Crippen LogP contribution in [0.15, 0.2) is 46.0 Å². The third-order valence-electron chi connectivity index (χ3n) is 5.27. The van der Waals surface area contributed by atoms with Crippen molar-refractivity contribution in [3.8, 4) is 11.3 Å². The van der Waals surface area contributed by atoms with Gasteiger partial charge in [0.15, 0.2) is 0 Å². The van der Waals surface area contributed by atoms with E-state index in [1.807, 2.05) is 26.0 Å². The maximum absolute atomic E-state index is 12.4. The van der Waals surface area contributed by atoms with Gasteiger partial charge in [-0.3, -0.25) is 14.7 Å². The lowest BCUT2D eigenvalue weighted by molar-refractivity contribution is 0.215. The fourth-order valence-electron chi connectivity index (χ4n) is 3.70. The highest BCUT2D eigenvalue weighted by Gasteiger charge is 2.27. The van der Waals surface area contributed by atoms with Crippen molar-refractivity contribution in [2.75, 3.05) is 6.54 Å². The number of rotatable bonds is 5. The summed E-state index contributed by atoms with van der Waals surface area (Å²) in [5, 5.41) is 8.64. The molecule has 7 heteroatoms. The van der Waals surface area contributed by atoms with Crippen LogP contribution in [0.5, 0.6) is 0 Å². The van der Waals surface area contributed by atoms with E-state index in [9.17, 15) is 4.79 Å². The molecule has 0 spiro atoms. The normalized spacial score (nSPS) is 17.5. The average Bonchev–Trinajstić information content (AvgIpc) is 3.25. The largest absolute Gasteiger partial charge is 0.361 e. The van der Waals surface area contributed by atoms with Crippen LogP contribution in [-0.2, 0) is 13.1 Å². The zero-order valence-corrected chi connectivity index (χ0v) is 15.6. The van der Waals surface area contributed by atoms with Crippen molar-refractivity contribution in [3.63, 3.8) is 0 Å². The Hall–Kier alpha value is -2.80. The van der Waals surface area contributed by atoms with E-state index >= 15 is 0 Å². The van der Waals surface area contributed by atoms with E-state index in [0.29, 0.717) is 6.54 Å². The standard InChI is InChI=1S/C20H23N5O2/c1-14-18(15(2)27-23-14)13-24-11-3-4-17(24)12-25-20(26)6-5-19(22-25)16-7-9-21-10-8-16/h5-10,17H,3-4,11-13H2,1-2H3. The molecular formula is C20H23N5O2. The second-order valence-electron chi connectivity index (χ2n) is 7.04. The Morgan fingerprint density at radius 2 is 2.00 bits per heavy atom. The summed E-state index contributed by atoms with van der Waals surface area (Å²) in [5.74, 6) is 0.869. The van der Waals surface area contributed by atoms with Crippen LogP contribution in [0.1, 0.15) is 29.9 Å². The van der Waals surface area contributed by atoms with E-state index in [1.165, 1.54) is 0 Å². The summed E-state index contributed by atoms with van der Waals surface area (Å²) in [6.07, 6.45) is 5.63. The number of nitrogens with zero attached hydrogens (tertiary/aromatic N) is 5. The van der Waals surface area contributed by atoms with Gasteiger partial charge in [-0.15, -0.1) is 0 Å². The minimum Gasteiger partial charge on any atom is -0.361 e. The second kappa shape index (κ2) is 7.44. The van der Waals surface area contributed by atoms with Crippen LogP contribution in [0.25, 0.3) is 11.3 Å². The summed E-state index contributed by atoms with van der Waals surface area (Å²) in [6, 6.07) is 7.44. The Bertz CT molecular complexity index is 960. The van der Waals surface area contributed by atoms with Crippen LogP contribution in [0.2, 0.25) is 0 Å². The van der Waals surface area contributed by atoms with Crippen LogP contribution in [0.3, 0.4) is 0 Å². The molecule has 3 aromatic rings. The quantitative estimate of drug-likeness (QED) is 0.692. The predicted molar refractivity (Wildman–Crippen MR) is 101 cm³/mol. The molecule has 0 radical (unpaired) electrons. The summed E-state index contributed by atoms with van der Waals surface area (Å²) < 4.78 is 6.88. The first-order valence-corrected chi connectivity index (χ1v) is 9.26. The first-order valence-electron chi connectivity index (χ1n) is 9.26. The fourth-order valence-corrected chi connectivity index (χ4v) is 3.70. The maximum Gasteiger partial charge on any atom is 0.266 e. The van der Waals surface area contributed by atoms with Gasteiger partial charge in [0, 0.05) is 42.2 Å². The molecule has 27 heavy (non-hydrogen) atoms. The number of hydrogen-bond donors (Lipinski definition) is 0. The Morgan fingerprint density at radius 1 is 1.19 bits per heavy atom. The zero-order chi connectivity index (χ0) is 18.8. The van der Waals surface area contributed by atoms with Gasteiger partial charge in [0.05, 0.1) is 17.9 Å². The van der Waals surface area contributed by atoms with Gasteiger partial charge in [0.1, 0.15) is 5.76 Å². The third-order valence-corrected chi connectivity index (χ3v) is 5.27. The predicted octanol–water partition coefficient (Wildman–Crippen LogP) is 2.57. The average molecular weight is 365 g/mol. The topological polar surface area (TPSA) is 77.1 Å². The van der Waals surface area contributed by atoms with Crippen LogP contribution in [-0.4, -0.2) is 37.4 Å². The van der Waals surface area contributed by atoms with Crippen molar-refractivity contribution < 1.29 is 4.52 Å². The molecule has 1 atom stereocenters. The molecule has 4 rings (SSSR count). The van der Waals surface area contributed by atoms with Crippen molar-refractivity contribution in [2.45, 2.75) is 45.8 Å². The Kier molecular flexibility index (Phi) is 4.85. The van der Waals surface area contributed by atoms with Gasteiger partial charge < -0.3 is 4.52 Å². The van der Waals surface area contributed by atoms with Gasteiger partial charge in [0.2, 0.25) is 0 Å². The molecule has 0 saturated carbocycles. The molecule has 1 aliphatic rings. The Balaban J connectivity index is 1.55. The van der Waals surface area contributed by atoms with Crippen LogP contribution >= 0.6 is 0 Å². The van der Waals surface area contributed by atoms with Gasteiger partial charge in [-0.2, -0.15) is 5.10 Å². The van der Waals surface area contributed by atoms with Gasteiger partial charge in [-0.05, 0) is 51.4 Å². The van der Waals surface area contributed by atoms with Crippen molar-refractivity contribution in [1.29, 1.82) is 0 Å². The van der Waals surface area contributed by atoms with Gasteiger partial charge in [-0.1, -0.05) is 5.16 Å². The fraction of sp³-hybridized carbons (Fsp3) is 0.400. The smallest absolute Gasteiger partial charge is 0.266 e. The molecule has 7 nitrogen and oxygen atoms in total. The Labute approximate surface area is 157 Å². The van der Waals surface area contributed by atoms with Crippen molar-refractivity contribution in [2.24, 2.45) is 0 Å². The van der Waals surface area contributed by atoms with Gasteiger partial charge in [-0.25, -0.2) is 4.68 Å². The molecule has 1 aliphatic heterocycles. The molecule has 1 saturated heterocycles. The summed E-state index contributed by atoms with van der Waals surface area (Å²) in [6.45, 7) is 6.31. The minimum absolute atomic E-state index is 0.0722. The van der Waals surface area contributed by atoms with Crippen molar-refractivity contribution in [1.82, 2.24) is 24.8 Å². The molecule has 0 aliphatic carbocycles. The third kappa shape index (κ3) is 3.68. The summed E-state index contributed by atoms with van der Waals surface area (Å²) >= 11 is 0. The highest BCUT2D eigenvalue weighted by atomic mass is 16.5. The molecule has 1 unspecified atom stereocenters. The first-order chi connectivity index (χ1) is 13.1. The number of hydrogen-bond acceptors (Lipinski definition) is 6. The van der Waals surface area contributed by atoms with E-state index < -0.39 is 0 Å². The molecule has 140 valence electrons. The number of pyridine rings is 1. The van der Waals surface area contributed by atoms with Crippen LogP contribution in [0, 0.1) is 13.8 Å². The van der Waals surface area contributed by atoms with E-state index in [0.717, 1.165) is 54.2 Å². The highest BCUT2D eigenvalue weighted by Crippen LogP contribution is 2.24. The molecule has 0 bridgehead atoms.